The zero-order chi connectivity index (χ0) is 10.8. The van der Waals surface area contributed by atoms with Gasteiger partial charge in [-0.05, 0) is 36.8 Å². The molecule has 0 saturated carbocycles. The highest BCUT2D eigenvalue weighted by atomic mass is 32.1. The number of thiophene rings is 1. The van der Waals surface area contributed by atoms with Gasteiger partial charge in [-0.2, -0.15) is 0 Å². The van der Waals surface area contributed by atoms with Crippen LogP contribution >= 0.6 is 11.3 Å². The molecule has 0 aliphatic heterocycles. The van der Waals surface area contributed by atoms with Gasteiger partial charge in [0.25, 0.3) is 0 Å². The van der Waals surface area contributed by atoms with Crippen LogP contribution in [-0.4, -0.2) is 5.11 Å². The van der Waals surface area contributed by atoms with E-state index in [0.29, 0.717) is 0 Å². The summed E-state index contributed by atoms with van der Waals surface area (Å²) in [7, 11) is 0. The van der Waals surface area contributed by atoms with Crippen molar-refractivity contribution >= 4 is 11.3 Å². The Hall–Kier alpha value is -1.19. The molecule has 1 aromatic carbocycles. The summed E-state index contributed by atoms with van der Waals surface area (Å²) in [6.07, 6.45) is -0.441. The molecule has 1 heterocycles. The van der Waals surface area contributed by atoms with Gasteiger partial charge in [0.05, 0.1) is 6.10 Å². The minimum atomic E-state index is -0.441. The minimum absolute atomic E-state index is 0.231. The highest BCUT2D eigenvalue weighted by Gasteiger charge is 2.06. The molecule has 0 fully saturated rings. The van der Waals surface area contributed by atoms with Crippen molar-refractivity contribution in [2.45, 2.75) is 13.0 Å². The Morgan fingerprint density at radius 2 is 1.80 bits per heavy atom. The third kappa shape index (κ3) is 2.25. The Morgan fingerprint density at radius 1 is 1.13 bits per heavy atom. The number of hydrogen-bond donors (Lipinski definition) is 1. The van der Waals surface area contributed by atoms with Gasteiger partial charge in [-0.25, -0.2) is 4.39 Å². The van der Waals surface area contributed by atoms with E-state index < -0.39 is 6.10 Å². The fraction of sp³-hybridized carbons (Fsp3) is 0.167. The SMILES string of the molecule is CC(O)c1ccc(-c2ccc(F)cc2)s1. The molecule has 0 aliphatic rings. The lowest BCUT2D eigenvalue weighted by molar-refractivity contribution is 0.203. The second kappa shape index (κ2) is 4.13. The van der Waals surface area contributed by atoms with E-state index >= 15 is 0 Å². The van der Waals surface area contributed by atoms with Crippen molar-refractivity contribution < 1.29 is 9.50 Å². The number of benzene rings is 1. The van der Waals surface area contributed by atoms with Crippen molar-refractivity contribution in [1.29, 1.82) is 0 Å². The summed E-state index contributed by atoms with van der Waals surface area (Å²) >= 11 is 1.53. The van der Waals surface area contributed by atoms with Gasteiger partial charge >= 0.3 is 0 Å². The zero-order valence-corrected chi connectivity index (χ0v) is 9.09. The topological polar surface area (TPSA) is 20.2 Å². The predicted octanol–water partition coefficient (Wildman–Crippen LogP) is 3.61. The Kier molecular flexibility index (Phi) is 2.84. The van der Waals surface area contributed by atoms with Crippen LogP contribution in [0.4, 0.5) is 4.39 Å². The van der Waals surface area contributed by atoms with E-state index in [-0.39, 0.29) is 5.82 Å². The Labute approximate surface area is 91.8 Å². The monoisotopic (exact) mass is 222 g/mol. The van der Waals surface area contributed by atoms with Crippen molar-refractivity contribution in [2.24, 2.45) is 0 Å². The van der Waals surface area contributed by atoms with Crippen molar-refractivity contribution in [3.8, 4) is 10.4 Å². The molecular formula is C12H11FOS. The first-order valence-corrected chi connectivity index (χ1v) is 5.52. The van der Waals surface area contributed by atoms with E-state index in [4.69, 9.17) is 0 Å². The van der Waals surface area contributed by atoms with Gasteiger partial charge in [-0.15, -0.1) is 11.3 Å². The molecule has 0 bridgehead atoms. The normalized spacial score (nSPS) is 12.7. The van der Waals surface area contributed by atoms with Crippen LogP contribution in [-0.2, 0) is 0 Å². The summed E-state index contributed by atoms with van der Waals surface area (Å²) in [5.74, 6) is -0.231. The molecule has 0 radical (unpaired) electrons. The quantitative estimate of drug-likeness (QED) is 0.823. The van der Waals surface area contributed by atoms with Crippen LogP contribution in [0, 0.1) is 5.82 Å². The molecule has 2 rings (SSSR count). The highest BCUT2D eigenvalue weighted by Crippen LogP contribution is 2.31. The predicted molar refractivity (Wildman–Crippen MR) is 60.3 cm³/mol. The van der Waals surface area contributed by atoms with E-state index in [1.807, 2.05) is 12.1 Å². The lowest BCUT2D eigenvalue weighted by Crippen LogP contribution is -1.83. The van der Waals surface area contributed by atoms with Crippen LogP contribution in [0.3, 0.4) is 0 Å². The molecule has 0 aliphatic carbocycles. The maximum absolute atomic E-state index is 12.7. The average molecular weight is 222 g/mol. The molecular weight excluding hydrogens is 211 g/mol. The smallest absolute Gasteiger partial charge is 0.123 e. The first-order valence-electron chi connectivity index (χ1n) is 4.70. The molecule has 78 valence electrons. The van der Waals surface area contributed by atoms with Gasteiger partial charge in [0.1, 0.15) is 5.82 Å². The molecule has 0 amide bonds. The second-order valence-corrected chi connectivity index (χ2v) is 4.50. The van der Waals surface area contributed by atoms with Crippen LogP contribution < -0.4 is 0 Å². The molecule has 15 heavy (non-hydrogen) atoms. The van der Waals surface area contributed by atoms with E-state index in [1.165, 1.54) is 23.5 Å². The second-order valence-electron chi connectivity index (χ2n) is 3.38. The fourth-order valence-corrected chi connectivity index (χ4v) is 2.30. The summed E-state index contributed by atoms with van der Waals surface area (Å²) in [5.41, 5.74) is 0.980. The summed E-state index contributed by atoms with van der Waals surface area (Å²) in [6.45, 7) is 1.74. The molecule has 1 aromatic heterocycles. The van der Waals surface area contributed by atoms with Crippen LogP contribution in [0.5, 0.6) is 0 Å². The lowest BCUT2D eigenvalue weighted by Gasteiger charge is -1.98. The number of rotatable bonds is 2. The van der Waals surface area contributed by atoms with E-state index in [9.17, 15) is 9.50 Å². The number of aliphatic hydroxyl groups is 1. The molecule has 0 spiro atoms. The van der Waals surface area contributed by atoms with Crippen LogP contribution in [0.2, 0.25) is 0 Å². The number of halogens is 1. The van der Waals surface area contributed by atoms with Crippen molar-refractivity contribution in [2.75, 3.05) is 0 Å². The molecule has 1 N–H and O–H groups in total. The summed E-state index contributed by atoms with van der Waals surface area (Å²) in [5, 5.41) is 9.38. The highest BCUT2D eigenvalue weighted by molar-refractivity contribution is 7.15. The standard InChI is InChI=1S/C12H11FOS/c1-8(14)11-6-7-12(15-11)9-2-4-10(13)5-3-9/h2-8,14H,1H3. The fourth-order valence-electron chi connectivity index (χ4n) is 1.35. The van der Waals surface area contributed by atoms with Gasteiger partial charge in [0.15, 0.2) is 0 Å². The average Bonchev–Trinajstić information content (AvgIpc) is 2.68. The van der Waals surface area contributed by atoms with Gasteiger partial charge in [-0.3, -0.25) is 0 Å². The number of hydrogen-bond acceptors (Lipinski definition) is 2. The lowest BCUT2D eigenvalue weighted by atomic mass is 10.2. The Bertz CT molecular complexity index is 445. The van der Waals surface area contributed by atoms with Crippen molar-refractivity contribution in [3.63, 3.8) is 0 Å². The molecule has 1 atom stereocenters. The van der Waals surface area contributed by atoms with Crippen LogP contribution in [0.15, 0.2) is 36.4 Å². The van der Waals surface area contributed by atoms with Gasteiger partial charge < -0.3 is 5.11 Å². The third-order valence-corrected chi connectivity index (χ3v) is 3.47. The van der Waals surface area contributed by atoms with Gasteiger partial charge in [-0.1, -0.05) is 12.1 Å². The summed E-state index contributed by atoms with van der Waals surface area (Å²) < 4.78 is 12.7. The van der Waals surface area contributed by atoms with Crippen molar-refractivity contribution in [1.82, 2.24) is 0 Å². The molecule has 2 aromatic rings. The Morgan fingerprint density at radius 3 is 2.33 bits per heavy atom. The van der Waals surface area contributed by atoms with E-state index in [2.05, 4.69) is 0 Å². The van der Waals surface area contributed by atoms with E-state index in [1.54, 1.807) is 19.1 Å². The third-order valence-electron chi connectivity index (χ3n) is 2.17. The van der Waals surface area contributed by atoms with Gasteiger partial charge in [0, 0.05) is 9.75 Å². The first kappa shape index (κ1) is 10.3. The Balaban J connectivity index is 2.33. The first-order chi connectivity index (χ1) is 7.16. The minimum Gasteiger partial charge on any atom is -0.388 e. The summed E-state index contributed by atoms with van der Waals surface area (Å²) in [6, 6.07) is 10.2. The molecule has 0 saturated heterocycles. The zero-order valence-electron chi connectivity index (χ0n) is 8.27. The molecule has 1 unspecified atom stereocenters. The van der Waals surface area contributed by atoms with Crippen LogP contribution in [0.25, 0.3) is 10.4 Å². The number of aliphatic hydroxyl groups excluding tert-OH is 1. The molecule has 3 heteroatoms. The van der Waals surface area contributed by atoms with Crippen LogP contribution in [0.1, 0.15) is 17.9 Å². The van der Waals surface area contributed by atoms with Crippen molar-refractivity contribution in [3.05, 3.63) is 47.1 Å². The van der Waals surface area contributed by atoms with E-state index in [0.717, 1.165) is 15.3 Å². The summed E-state index contributed by atoms with van der Waals surface area (Å²) in [4.78, 5) is 1.97. The molecule has 1 nitrogen and oxygen atoms in total. The van der Waals surface area contributed by atoms with Gasteiger partial charge in [0.2, 0.25) is 0 Å². The largest absolute Gasteiger partial charge is 0.388 e. The maximum Gasteiger partial charge on any atom is 0.123 e. The maximum atomic E-state index is 12.7.